The number of pyridine rings is 1. The predicted molar refractivity (Wildman–Crippen MR) is 96.8 cm³/mol. The van der Waals surface area contributed by atoms with Gasteiger partial charge in [-0.25, -0.2) is 9.78 Å². The fourth-order valence-electron chi connectivity index (χ4n) is 3.39. The predicted octanol–water partition coefficient (Wildman–Crippen LogP) is 3.38. The average Bonchev–Trinajstić information content (AvgIpc) is 2.61. The molecule has 2 saturated heterocycles. The van der Waals surface area contributed by atoms with Crippen molar-refractivity contribution in [2.75, 3.05) is 37.7 Å². The number of carbonyl (C=O) groups excluding carboxylic acids is 1. The van der Waals surface area contributed by atoms with E-state index in [9.17, 15) is 4.79 Å². The van der Waals surface area contributed by atoms with E-state index in [4.69, 9.17) is 9.47 Å². The van der Waals surface area contributed by atoms with Gasteiger partial charge in [0.25, 0.3) is 0 Å². The van der Waals surface area contributed by atoms with Gasteiger partial charge in [-0.3, -0.25) is 0 Å². The average molecular weight is 347 g/mol. The molecule has 0 saturated carbocycles. The van der Waals surface area contributed by atoms with Crippen molar-refractivity contribution < 1.29 is 14.3 Å². The van der Waals surface area contributed by atoms with E-state index < -0.39 is 5.60 Å². The number of nitrogens with zero attached hydrogens (tertiary/aromatic N) is 3. The number of anilines is 1. The van der Waals surface area contributed by atoms with Crippen molar-refractivity contribution in [2.24, 2.45) is 0 Å². The largest absolute Gasteiger partial charge is 0.444 e. The normalized spacial score (nSPS) is 22.0. The zero-order valence-corrected chi connectivity index (χ0v) is 15.5. The van der Waals surface area contributed by atoms with Gasteiger partial charge in [-0.2, -0.15) is 0 Å². The summed E-state index contributed by atoms with van der Waals surface area (Å²) in [4.78, 5) is 21.3. The van der Waals surface area contributed by atoms with Crippen molar-refractivity contribution >= 4 is 11.9 Å². The Bertz CT molecular complexity index is 577. The number of carbonyl (C=O) groups is 1. The molecule has 6 heteroatoms. The van der Waals surface area contributed by atoms with Crippen molar-refractivity contribution in [3.8, 4) is 0 Å². The summed E-state index contributed by atoms with van der Waals surface area (Å²) < 4.78 is 11.0. The number of hydrogen-bond acceptors (Lipinski definition) is 5. The second kappa shape index (κ2) is 7.60. The molecule has 1 atom stereocenters. The SMILES string of the molecule is CC(C)(C)OC(=O)N1CCCC[C@H]1c1ccc(N2CCOCC2)nc1. The van der Waals surface area contributed by atoms with E-state index in [1.807, 2.05) is 31.9 Å². The molecule has 2 aliphatic heterocycles. The molecule has 0 bridgehead atoms. The molecule has 3 rings (SSSR count). The summed E-state index contributed by atoms with van der Waals surface area (Å²) in [6.07, 6.45) is 4.79. The number of likely N-dealkylation sites (tertiary alicyclic amines) is 1. The molecule has 1 aromatic heterocycles. The summed E-state index contributed by atoms with van der Waals surface area (Å²) in [6.45, 7) is 9.70. The number of aromatic nitrogens is 1. The summed E-state index contributed by atoms with van der Waals surface area (Å²) in [7, 11) is 0. The Morgan fingerprint density at radius 3 is 2.60 bits per heavy atom. The third kappa shape index (κ3) is 4.63. The van der Waals surface area contributed by atoms with Crippen LogP contribution in [0.1, 0.15) is 51.6 Å². The van der Waals surface area contributed by atoms with Gasteiger partial charge in [0.2, 0.25) is 0 Å². The minimum atomic E-state index is -0.475. The van der Waals surface area contributed by atoms with Gasteiger partial charge in [0.15, 0.2) is 0 Å². The minimum absolute atomic E-state index is 0.0508. The van der Waals surface area contributed by atoms with Crippen molar-refractivity contribution in [3.05, 3.63) is 23.9 Å². The van der Waals surface area contributed by atoms with Gasteiger partial charge in [-0.05, 0) is 51.7 Å². The lowest BCUT2D eigenvalue weighted by Gasteiger charge is -2.37. The Morgan fingerprint density at radius 1 is 1.20 bits per heavy atom. The lowest BCUT2D eigenvalue weighted by Crippen LogP contribution is -2.42. The quantitative estimate of drug-likeness (QED) is 0.821. The van der Waals surface area contributed by atoms with Gasteiger partial charge in [-0.1, -0.05) is 6.07 Å². The lowest BCUT2D eigenvalue weighted by molar-refractivity contribution is 0.00948. The third-order valence-corrected chi connectivity index (χ3v) is 4.62. The van der Waals surface area contributed by atoms with Crippen molar-refractivity contribution in [1.29, 1.82) is 0 Å². The molecule has 0 N–H and O–H groups in total. The number of ether oxygens (including phenoxy) is 2. The molecule has 0 aliphatic carbocycles. The van der Waals surface area contributed by atoms with Gasteiger partial charge in [-0.15, -0.1) is 0 Å². The van der Waals surface area contributed by atoms with E-state index in [2.05, 4.69) is 22.0 Å². The minimum Gasteiger partial charge on any atom is -0.444 e. The Balaban J connectivity index is 1.72. The maximum Gasteiger partial charge on any atom is 0.410 e. The van der Waals surface area contributed by atoms with E-state index in [0.29, 0.717) is 0 Å². The van der Waals surface area contributed by atoms with Crippen LogP contribution in [0.15, 0.2) is 18.3 Å². The Hall–Kier alpha value is -1.82. The molecule has 0 spiro atoms. The van der Waals surface area contributed by atoms with Crippen LogP contribution >= 0.6 is 0 Å². The Kier molecular flexibility index (Phi) is 5.47. The highest BCUT2D eigenvalue weighted by atomic mass is 16.6. The molecule has 0 unspecified atom stereocenters. The number of piperidine rings is 1. The van der Waals surface area contributed by atoms with Gasteiger partial charge in [0.05, 0.1) is 19.3 Å². The van der Waals surface area contributed by atoms with Gasteiger partial charge in [0.1, 0.15) is 11.4 Å². The number of amides is 1. The van der Waals surface area contributed by atoms with E-state index in [1.54, 1.807) is 0 Å². The molecule has 1 amide bonds. The number of hydrogen-bond donors (Lipinski definition) is 0. The van der Waals surface area contributed by atoms with Crippen LogP contribution in [-0.4, -0.2) is 54.4 Å². The van der Waals surface area contributed by atoms with Crippen LogP contribution in [0.25, 0.3) is 0 Å². The molecule has 2 aliphatic rings. The zero-order chi connectivity index (χ0) is 17.9. The summed E-state index contributed by atoms with van der Waals surface area (Å²) in [6, 6.07) is 4.21. The number of rotatable bonds is 2. The monoisotopic (exact) mass is 347 g/mol. The van der Waals surface area contributed by atoms with E-state index >= 15 is 0 Å². The molecule has 25 heavy (non-hydrogen) atoms. The Morgan fingerprint density at radius 2 is 1.96 bits per heavy atom. The maximum atomic E-state index is 12.6. The molecule has 6 nitrogen and oxygen atoms in total. The van der Waals surface area contributed by atoms with Crippen molar-refractivity contribution in [2.45, 2.75) is 51.7 Å². The van der Waals surface area contributed by atoms with Crippen LogP contribution in [0.5, 0.6) is 0 Å². The zero-order valence-electron chi connectivity index (χ0n) is 15.5. The first-order valence-electron chi connectivity index (χ1n) is 9.22. The second-order valence-corrected chi connectivity index (χ2v) is 7.73. The topological polar surface area (TPSA) is 54.9 Å². The summed E-state index contributed by atoms with van der Waals surface area (Å²) in [5, 5.41) is 0. The summed E-state index contributed by atoms with van der Waals surface area (Å²) in [5.74, 6) is 0.978. The fraction of sp³-hybridized carbons (Fsp3) is 0.684. The highest BCUT2D eigenvalue weighted by Crippen LogP contribution is 2.32. The molecule has 0 radical (unpaired) electrons. The third-order valence-electron chi connectivity index (χ3n) is 4.62. The standard InChI is InChI=1S/C19H29N3O3/c1-19(2,3)25-18(23)22-9-5-4-6-16(22)15-7-8-17(20-14-15)21-10-12-24-13-11-21/h7-8,14,16H,4-6,9-13H2,1-3H3/t16-/m0/s1. The van der Waals surface area contributed by atoms with Crippen LogP contribution in [-0.2, 0) is 9.47 Å². The van der Waals surface area contributed by atoms with Gasteiger partial charge < -0.3 is 19.3 Å². The summed E-state index contributed by atoms with van der Waals surface area (Å²) in [5.41, 5.74) is 0.611. The maximum absolute atomic E-state index is 12.6. The van der Waals surface area contributed by atoms with Crippen LogP contribution in [0.4, 0.5) is 10.6 Å². The molecular weight excluding hydrogens is 318 g/mol. The van der Waals surface area contributed by atoms with Crippen molar-refractivity contribution in [3.63, 3.8) is 0 Å². The molecule has 2 fully saturated rings. The fourth-order valence-corrected chi connectivity index (χ4v) is 3.39. The van der Waals surface area contributed by atoms with Crippen LogP contribution < -0.4 is 4.90 Å². The van der Waals surface area contributed by atoms with Crippen LogP contribution in [0, 0.1) is 0 Å². The highest BCUT2D eigenvalue weighted by molar-refractivity contribution is 5.69. The lowest BCUT2D eigenvalue weighted by atomic mass is 9.97. The van der Waals surface area contributed by atoms with E-state index in [-0.39, 0.29) is 12.1 Å². The molecule has 1 aromatic rings. The van der Waals surface area contributed by atoms with Crippen LogP contribution in [0.3, 0.4) is 0 Å². The molecule has 138 valence electrons. The molecule has 0 aromatic carbocycles. The first-order valence-corrected chi connectivity index (χ1v) is 9.22. The number of morpholine rings is 1. The first-order chi connectivity index (χ1) is 11.9. The Labute approximate surface area is 150 Å². The van der Waals surface area contributed by atoms with E-state index in [1.165, 1.54) is 0 Å². The first kappa shape index (κ1) is 18.0. The van der Waals surface area contributed by atoms with E-state index in [0.717, 1.165) is 63.5 Å². The van der Waals surface area contributed by atoms with Gasteiger partial charge in [0, 0.05) is 25.8 Å². The molecule has 3 heterocycles. The van der Waals surface area contributed by atoms with Crippen LogP contribution in [0.2, 0.25) is 0 Å². The smallest absolute Gasteiger partial charge is 0.410 e. The highest BCUT2D eigenvalue weighted by Gasteiger charge is 2.31. The summed E-state index contributed by atoms with van der Waals surface area (Å²) >= 11 is 0. The molecular formula is C19H29N3O3. The second-order valence-electron chi connectivity index (χ2n) is 7.73. The van der Waals surface area contributed by atoms with Crippen molar-refractivity contribution in [1.82, 2.24) is 9.88 Å². The van der Waals surface area contributed by atoms with Gasteiger partial charge >= 0.3 is 6.09 Å².